The second kappa shape index (κ2) is 5.68. The highest BCUT2D eigenvalue weighted by Crippen LogP contribution is 2.30. The van der Waals surface area contributed by atoms with Crippen LogP contribution >= 0.6 is 11.8 Å². The third-order valence-electron chi connectivity index (χ3n) is 3.13. The van der Waals surface area contributed by atoms with E-state index in [9.17, 15) is 4.79 Å². The number of carbonyl (C=O) groups excluding carboxylic acids is 1. The number of aliphatic imine (C=N–C) groups is 1. The molecule has 20 heavy (non-hydrogen) atoms. The van der Waals surface area contributed by atoms with Crippen LogP contribution < -0.4 is 5.73 Å². The van der Waals surface area contributed by atoms with E-state index in [1.165, 1.54) is 11.8 Å². The first-order valence-corrected chi connectivity index (χ1v) is 7.25. The molecule has 2 aliphatic heterocycles. The first kappa shape index (κ1) is 13.2. The fraction of sp³-hybridized carbons (Fsp3) is 0.286. The molecule has 2 aliphatic rings. The number of nitrogens with two attached hydrogens (primary N) is 1. The number of amidine groups is 1. The number of morpholine rings is 1. The fourth-order valence-corrected chi connectivity index (χ4v) is 3.00. The van der Waals surface area contributed by atoms with E-state index in [0.29, 0.717) is 23.8 Å². The van der Waals surface area contributed by atoms with E-state index in [4.69, 9.17) is 10.5 Å². The van der Waals surface area contributed by atoms with Crippen molar-refractivity contribution in [2.75, 3.05) is 32.0 Å². The molecule has 2 heterocycles. The minimum atomic E-state index is -0.173. The predicted molar refractivity (Wildman–Crippen MR) is 81.3 cm³/mol. The van der Waals surface area contributed by atoms with Gasteiger partial charge in [0.1, 0.15) is 0 Å². The van der Waals surface area contributed by atoms with Crippen molar-refractivity contribution in [3.63, 3.8) is 0 Å². The van der Waals surface area contributed by atoms with Gasteiger partial charge in [-0.15, -0.1) is 0 Å². The van der Waals surface area contributed by atoms with E-state index in [-0.39, 0.29) is 5.91 Å². The molecule has 0 saturated carbocycles. The molecule has 1 aromatic carbocycles. The molecule has 1 saturated heterocycles. The minimum absolute atomic E-state index is 0.173. The Kier molecular flexibility index (Phi) is 3.75. The Morgan fingerprint density at radius 1 is 1.25 bits per heavy atom. The van der Waals surface area contributed by atoms with Gasteiger partial charge in [-0.3, -0.25) is 4.79 Å². The zero-order valence-electron chi connectivity index (χ0n) is 10.9. The third-order valence-corrected chi connectivity index (χ3v) is 4.17. The van der Waals surface area contributed by atoms with Gasteiger partial charge in [-0.25, -0.2) is 0 Å². The van der Waals surface area contributed by atoms with Crippen molar-refractivity contribution in [2.24, 2.45) is 4.99 Å². The Hall–Kier alpha value is -1.79. The summed E-state index contributed by atoms with van der Waals surface area (Å²) in [5.41, 5.74) is 7.31. The normalized spacial score (nSPS) is 21.4. The number of thioether (sulfide) groups is 1. The van der Waals surface area contributed by atoms with E-state index >= 15 is 0 Å². The molecule has 0 aliphatic carbocycles. The smallest absolute Gasteiger partial charge is 0.286 e. The lowest BCUT2D eigenvalue weighted by atomic mass is 10.2. The lowest BCUT2D eigenvalue weighted by Gasteiger charge is -2.27. The summed E-state index contributed by atoms with van der Waals surface area (Å²) < 4.78 is 5.30. The number of amides is 1. The lowest BCUT2D eigenvalue weighted by molar-refractivity contribution is -0.113. The third kappa shape index (κ3) is 2.86. The highest BCUT2D eigenvalue weighted by atomic mass is 32.2. The summed E-state index contributed by atoms with van der Waals surface area (Å²) in [5.74, 6) is -0.173. The van der Waals surface area contributed by atoms with Crippen molar-refractivity contribution in [1.29, 1.82) is 0 Å². The van der Waals surface area contributed by atoms with Gasteiger partial charge in [-0.05, 0) is 35.5 Å². The van der Waals surface area contributed by atoms with Gasteiger partial charge in [0, 0.05) is 18.8 Å². The quantitative estimate of drug-likeness (QED) is 0.628. The molecule has 1 amide bonds. The second-order valence-corrected chi connectivity index (χ2v) is 5.59. The van der Waals surface area contributed by atoms with Crippen LogP contribution in [-0.2, 0) is 9.53 Å². The van der Waals surface area contributed by atoms with Crippen LogP contribution in [0, 0.1) is 0 Å². The number of rotatable bonds is 1. The van der Waals surface area contributed by atoms with E-state index in [0.717, 1.165) is 23.8 Å². The summed E-state index contributed by atoms with van der Waals surface area (Å²) in [6.07, 6.45) is 1.85. The fourth-order valence-electron chi connectivity index (χ4n) is 2.03. The summed E-state index contributed by atoms with van der Waals surface area (Å²) in [5, 5.41) is 0.778. The van der Waals surface area contributed by atoms with Crippen molar-refractivity contribution in [1.82, 2.24) is 4.90 Å². The molecule has 3 rings (SSSR count). The topological polar surface area (TPSA) is 67.9 Å². The zero-order valence-corrected chi connectivity index (χ0v) is 11.7. The molecule has 0 spiro atoms. The first-order valence-electron chi connectivity index (χ1n) is 6.43. The number of carbonyl (C=O) groups is 1. The van der Waals surface area contributed by atoms with Crippen molar-refractivity contribution >= 4 is 34.6 Å². The van der Waals surface area contributed by atoms with Gasteiger partial charge in [0.05, 0.1) is 18.1 Å². The Labute approximate surface area is 121 Å². The molecule has 104 valence electrons. The van der Waals surface area contributed by atoms with Crippen molar-refractivity contribution < 1.29 is 9.53 Å². The van der Waals surface area contributed by atoms with Gasteiger partial charge in [-0.1, -0.05) is 12.1 Å². The maximum Gasteiger partial charge on any atom is 0.286 e. The van der Waals surface area contributed by atoms with E-state index in [1.807, 2.05) is 30.3 Å². The Morgan fingerprint density at radius 3 is 2.65 bits per heavy atom. The van der Waals surface area contributed by atoms with Gasteiger partial charge in [0.2, 0.25) is 0 Å². The van der Waals surface area contributed by atoms with Crippen LogP contribution in [0.2, 0.25) is 0 Å². The number of hydrogen-bond acceptors (Lipinski definition) is 5. The van der Waals surface area contributed by atoms with Gasteiger partial charge in [-0.2, -0.15) is 4.99 Å². The predicted octanol–water partition coefficient (Wildman–Crippen LogP) is 1.57. The van der Waals surface area contributed by atoms with Crippen LogP contribution in [0.3, 0.4) is 0 Å². The Bertz CT molecular complexity index is 575. The van der Waals surface area contributed by atoms with Crippen molar-refractivity contribution in [3.05, 3.63) is 34.7 Å². The molecule has 0 bridgehead atoms. The number of ether oxygens (including phenoxy) is 1. The molecular formula is C14H15N3O2S. The molecule has 0 unspecified atom stereocenters. The number of hydrogen-bond donors (Lipinski definition) is 1. The molecule has 2 N–H and O–H groups in total. The first-order chi connectivity index (χ1) is 9.72. The van der Waals surface area contributed by atoms with E-state index in [1.54, 1.807) is 0 Å². The van der Waals surface area contributed by atoms with Crippen LogP contribution in [0.15, 0.2) is 34.2 Å². The minimum Gasteiger partial charge on any atom is -0.399 e. The van der Waals surface area contributed by atoms with Crippen LogP contribution in [0.4, 0.5) is 5.69 Å². The van der Waals surface area contributed by atoms with Crippen LogP contribution in [0.25, 0.3) is 6.08 Å². The number of benzene rings is 1. The van der Waals surface area contributed by atoms with Crippen LogP contribution in [0.5, 0.6) is 0 Å². The highest BCUT2D eigenvalue weighted by molar-refractivity contribution is 8.18. The molecule has 1 aromatic rings. The zero-order chi connectivity index (χ0) is 13.9. The summed E-state index contributed by atoms with van der Waals surface area (Å²) >= 11 is 1.43. The lowest BCUT2D eigenvalue weighted by Crippen LogP contribution is -2.38. The molecule has 0 radical (unpaired) electrons. The van der Waals surface area contributed by atoms with Gasteiger partial charge >= 0.3 is 0 Å². The Balaban J connectivity index is 1.74. The second-order valence-electron chi connectivity index (χ2n) is 4.58. The average molecular weight is 289 g/mol. The molecule has 5 nitrogen and oxygen atoms in total. The monoisotopic (exact) mass is 289 g/mol. The summed E-state index contributed by atoms with van der Waals surface area (Å²) in [6, 6.07) is 7.42. The van der Waals surface area contributed by atoms with Gasteiger partial charge in [0.15, 0.2) is 5.17 Å². The molecule has 1 fully saturated rings. The molecule has 0 aromatic heterocycles. The van der Waals surface area contributed by atoms with Crippen LogP contribution in [0.1, 0.15) is 5.56 Å². The number of anilines is 1. The highest BCUT2D eigenvalue weighted by Gasteiger charge is 2.26. The maximum atomic E-state index is 11.9. The number of nitrogen functional groups attached to an aromatic ring is 1. The average Bonchev–Trinajstić information content (AvgIpc) is 2.84. The van der Waals surface area contributed by atoms with E-state index in [2.05, 4.69) is 9.89 Å². The van der Waals surface area contributed by atoms with Gasteiger partial charge in [0.25, 0.3) is 5.91 Å². The van der Waals surface area contributed by atoms with Crippen molar-refractivity contribution in [3.8, 4) is 0 Å². The largest absolute Gasteiger partial charge is 0.399 e. The summed E-state index contributed by atoms with van der Waals surface area (Å²) in [4.78, 5) is 18.8. The Morgan fingerprint density at radius 2 is 1.95 bits per heavy atom. The SMILES string of the molecule is Nc1ccc(C=C2SC(N3CCOCC3)=NC2=O)cc1. The standard InChI is InChI=1S/C14H15N3O2S/c15-11-3-1-10(2-4-11)9-12-13(18)16-14(20-12)17-5-7-19-8-6-17/h1-4,9H,5-8,15H2. The maximum absolute atomic E-state index is 11.9. The molecular weight excluding hydrogens is 274 g/mol. The van der Waals surface area contributed by atoms with Crippen LogP contribution in [-0.4, -0.2) is 42.3 Å². The van der Waals surface area contributed by atoms with Gasteiger partial charge < -0.3 is 15.4 Å². The number of nitrogens with zero attached hydrogens (tertiary/aromatic N) is 2. The van der Waals surface area contributed by atoms with Crippen molar-refractivity contribution in [2.45, 2.75) is 0 Å². The molecule has 6 heteroatoms. The summed E-state index contributed by atoms with van der Waals surface area (Å²) in [6.45, 7) is 2.94. The van der Waals surface area contributed by atoms with E-state index < -0.39 is 0 Å². The summed E-state index contributed by atoms with van der Waals surface area (Å²) in [7, 11) is 0. The molecule has 0 atom stereocenters.